The normalized spacial score (nSPS) is 10.9. The minimum Gasteiger partial charge on any atom is -0.378 e. The van der Waals surface area contributed by atoms with Crippen LogP contribution >= 0.6 is 15.9 Å². The highest BCUT2D eigenvalue weighted by Gasteiger charge is 2.08. The fraction of sp³-hybridized carbons (Fsp3) is 0.100. The van der Waals surface area contributed by atoms with Gasteiger partial charge in [0.1, 0.15) is 0 Å². The number of amides is 1. The molecule has 1 heterocycles. The summed E-state index contributed by atoms with van der Waals surface area (Å²) >= 11 is 3.37. The van der Waals surface area contributed by atoms with Gasteiger partial charge in [-0.15, -0.1) is 0 Å². The van der Waals surface area contributed by atoms with Gasteiger partial charge in [0.15, 0.2) is 0 Å². The second-order valence-corrected chi connectivity index (χ2v) is 6.75. The van der Waals surface area contributed by atoms with Gasteiger partial charge in [0.25, 0.3) is 5.91 Å². The monoisotopic (exact) mass is 410 g/mol. The molecule has 6 heteroatoms. The van der Waals surface area contributed by atoms with Gasteiger partial charge in [0.2, 0.25) is 0 Å². The standard InChI is InChI=1S/C20H19BrN4O/c1-24(2)15-9-11-16(12-10-15)25-13-5-6-17(25)14-22-23-20(26)18-7-3-4-8-19(18)21/h3-14H,1-2H3,(H,23,26)/b22-14-. The molecule has 0 saturated carbocycles. The van der Waals surface area contributed by atoms with Crippen LogP contribution in [0.5, 0.6) is 0 Å². The number of benzene rings is 2. The summed E-state index contributed by atoms with van der Waals surface area (Å²) in [6.07, 6.45) is 3.59. The molecule has 1 amide bonds. The first-order valence-electron chi connectivity index (χ1n) is 8.09. The molecule has 0 aliphatic carbocycles. The zero-order chi connectivity index (χ0) is 18.5. The maximum Gasteiger partial charge on any atom is 0.272 e. The first-order valence-corrected chi connectivity index (χ1v) is 8.88. The number of hydrogen-bond donors (Lipinski definition) is 1. The van der Waals surface area contributed by atoms with Crippen LogP contribution < -0.4 is 10.3 Å². The van der Waals surface area contributed by atoms with E-state index in [1.807, 2.05) is 67.3 Å². The topological polar surface area (TPSA) is 49.6 Å². The van der Waals surface area contributed by atoms with Crippen molar-refractivity contribution in [2.45, 2.75) is 0 Å². The number of carbonyl (C=O) groups excluding carboxylic acids is 1. The molecule has 0 aliphatic heterocycles. The molecule has 2 aromatic carbocycles. The lowest BCUT2D eigenvalue weighted by atomic mass is 10.2. The Labute approximate surface area is 161 Å². The summed E-state index contributed by atoms with van der Waals surface area (Å²) in [6, 6.07) is 19.3. The van der Waals surface area contributed by atoms with Crippen LogP contribution in [0.3, 0.4) is 0 Å². The quantitative estimate of drug-likeness (QED) is 0.508. The predicted octanol–water partition coefficient (Wildman–Crippen LogP) is 4.07. The van der Waals surface area contributed by atoms with Crippen molar-refractivity contribution in [2.75, 3.05) is 19.0 Å². The van der Waals surface area contributed by atoms with Crippen LogP contribution in [0, 0.1) is 0 Å². The molecule has 0 fully saturated rings. The molecule has 0 atom stereocenters. The van der Waals surface area contributed by atoms with E-state index in [0.29, 0.717) is 5.56 Å². The Morgan fingerprint density at radius 2 is 1.81 bits per heavy atom. The number of halogens is 1. The van der Waals surface area contributed by atoms with Gasteiger partial charge < -0.3 is 9.47 Å². The molecule has 0 saturated heterocycles. The molecular formula is C20H19BrN4O. The van der Waals surface area contributed by atoms with Gasteiger partial charge in [0.05, 0.1) is 17.5 Å². The van der Waals surface area contributed by atoms with Gasteiger partial charge in [-0.25, -0.2) is 5.43 Å². The van der Waals surface area contributed by atoms with Crippen LogP contribution in [0.4, 0.5) is 5.69 Å². The summed E-state index contributed by atoms with van der Waals surface area (Å²) in [6.45, 7) is 0. The van der Waals surface area contributed by atoms with E-state index < -0.39 is 0 Å². The molecule has 5 nitrogen and oxygen atoms in total. The van der Waals surface area contributed by atoms with Gasteiger partial charge in [-0.05, 0) is 64.5 Å². The van der Waals surface area contributed by atoms with Crippen molar-refractivity contribution < 1.29 is 4.79 Å². The number of hydrogen-bond acceptors (Lipinski definition) is 3. The Balaban J connectivity index is 1.73. The van der Waals surface area contributed by atoms with Crippen LogP contribution in [-0.2, 0) is 0 Å². The van der Waals surface area contributed by atoms with Crippen LogP contribution in [0.15, 0.2) is 76.4 Å². The zero-order valence-corrected chi connectivity index (χ0v) is 16.1. The van der Waals surface area contributed by atoms with Crippen LogP contribution in [0.1, 0.15) is 16.1 Å². The lowest BCUT2D eigenvalue weighted by Crippen LogP contribution is -2.18. The maximum atomic E-state index is 12.2. The summed E-state index contributed by atoms with van der Waals surface area (Å²) in [7, 11) is 4.02. The van der Waals surface area contributed by atoms with Gasteiger partial charge >= 0.3 is 0 Å². The van der Waals surface area contributed by atoms with Gasteiger partial charge in [-0.3, -0.25) is 4.79 Å². The second-order valence-electron chi connectivity index (χ2n) is 5.89. The lowest BCUT2D eigenvalue weighted by molar-refractivity contribution is 0.0954. The largest absolute Gasteiger partial charge is 0.378 e. The summed E-state index contributed by atoms with van der Waals surface area (Å²) in [5.74, 6) is -0.262. The lowest BCUT2D eigenvalue weighted by Gasteiger charge is -2.13. The van der Waals surface area contributed by atoms with E-state index in [9.17, 15) is 4.79 Å². The van der Waals surface area contributed by atoms with Crippen molar-refractivity contribution in [3.05, 3.63) is 82.6 Å². The third-order valence-corrected chi connectivity index (χ3v) is 4.60. The van der Waals surface area contributed by atoms with Crippen molar-refractivity contribution in [3.63, 3.8) is 0 Å². The molecule has 26 heavy (non-hydrogen) atoms. The summed E-state index contributed by atoms with van der Waals surface area (Å²) < 4.78 is 2.74. The summed E-state index contributed by atoms with van der Waals surface area (Å²) in [5, 5.41) is 4.09. The molecule has 132 valence electrons. The smallest absolute Gasteiger partial charge is 0.272 e. The van der Waals surface area contributed by atoms with Crippen molar-refractivity contribution in [3.8, 4) is 5.69 Å². The Bertz CT molecular complexity index is 929. The third kappa shape index (κ3) is 4.03. The van der Waals surface area contributed by atoms with Gasteiger partial charge in [0, 0.05) is 36.1 Å². The maximum absolute atomic E-state index is 12.2. The fourth-order valence-corrected chi connectivity index (χ4v) is 2.97. The molecule has 1 aromatic heterocycles. The SMILES string of the molecule is CN(C)c1ccc(-n2cccc2/C=N\NC(=O)c2ccccc2Br)cc1. The van der Waals surface area contributed by atoms with Crippen molar-refractivity contribution in [2.24, 2.45) is 5.10 Å². The predicted molar refractivity (Wildman–Crippen MR) is 109 cm³/mol. The van der Waals surface area contributed by atoms with Gasteiger partial charge in [-0.2, -0.15) is 5.10 Å². The Morgan fingerprint density at radius 1 is 1.08 bits per heavy atom. The molecule has 0 aliphatic rings. The number of hydrazone groups is 1. The highest BCUT2D eigenvalue weighted by molar-refractivity contribution is 9.10. The Morgan fingerprint density at radius 3 is 2.50 bits per heavy atom. The van der Waals surface area contributed by atoms with Crippen LogP contribution in [-0.4, -0.2) is 30.8 Å². The molecule has 0 bridgehead atoms. The Kier molecular flexibility index (Phi) is 5.53. The van der Waals surface area contributed by atoms with Crippen LogP contribution in [0.25, 0.3) is 5.69 Å². The third-order valence-electron chi connectivity index (χ3n) is 3.91. The average Bonchev–Trinajstić information content (AvgIpc) is 3.10. The zero-order valence-electron chi connectivity index (χ0n) is 14.6. The van der Waals surface area contributed by atoms with E-state index in [0.717, 1.165) is 21.5 Å². The molecular weight excluding hydrogens is 392 g/mol. The molecule has 3 rings (SSSR count). The number of nitrogens with zero attached hydrogens (tertiary/aromatic N) is 3. The van der Waals surface area contributed by atoms with E-state index in [2.05, 4.69) is 43.5 Å². The minimum absolute atomic E-state index is 0.262. The number of anilines is 1. The highest BCUT2D eigenvalue weighted by atomic mass is 79.9. The van der Waals surface area contributed by atoms with E-state index in [1.165, 1.54) is 0 Å². The van der Waals surface area contributed by atoms with E-state index in [-0.39, 0.29) is 5.91 Å². The van der Waals surface area contributed by atoms with Crippen molar-refractivity contribution in [1.29, 1.82) is 0 Å². The average molecular weight is 411 g/mol. The van der Waals surface area contributed by atoms with Gasteiger partial charge in [-0.1, -0.05) is 12.1 Å². The molecule has 0 spiro atoms. The molecule has 1 N–H and O–H groups in total. The first kappa shape index (κ1) is 17.9. The number of rotatable bonds is 5. The Hall–Kier alpha value is -2.86. The highest BCUT2D eigenvalue weighted by Crippen LogP contribution is 2.17. The number of aromatic nitrogens is 1. The van der Waals surface area contributed by atoms with E-state index in [1.54, 1.807) is 12.3 Å². The molecule has 0 radical (unpaired) electrons. The van der Waals surface area contributed by atoms with E-state index in [4.69, 9.17) is 0 Å². The van der Waals surface area contributed by atoms with E-state index >= 15 is 0 Å². The summed E-state index contributed by atoms with van der Waals surface area (Å²) in [4.78, 5) is 14.2. The number of carbonyl (C=O) groups is 1. The van der Waals surface area contributed by atoms with Crippen molar-refractivity contribution >= 4 is 33.7 Å². The molecule has 0 unspecified atom stereocenters. The first-order chi connectivity index (χ1) is 12.6. The summed E-state index contributed by atoms with van der Waals surface area (Å²) in [5.41, 5.74) is 6.14. The number of nitrogens with one attached hydrogen (secondary N) is 1. The second kappa shape index (κ2) is 8.01. The fourth-order valence-electron chi connectivity index (χ4n) is 2.51. The molecule has 3 aromatic rings. The van der Waals surface area contributed by atoms with Crippen LogP contribution in [0.2, 0.25) is 0 Å². The minimum atomic E-state index is -0.262. The van der Waals surface area contributed by atoms with Crippen molar-refractivity contribution in [1.82, 2.24) is 9.99 Å².